The largest absolute Gasteiger partial charge is 0.497 e. The van der Waals surface area contributed by atoms with Gasteiger partial charge < -0.3 is 9.64 Å². The number of aryl methyl sites for hydroxylation is 1. The number of ether oxygens (including phenoxy) is 1. The second-order valence-corrected chi connectivity index (χ2v) is 7.52. The number of carbonyl (C=O) groups is 1. The van der Waals surface area contributed by atoms with Gasteiger partial charge in [-0.2, -0.15) is 5.10 Å². The van der Waals surface area contributed by atoms with Crippen molar-refractivity contribution >= 4 is 33.7 Å². The highest BCUT2D eigenvalue weighted by Crippen LogP contribution is 2.25. The summed E-state index contributed by atoms with van der Waals surface area (Å²) in [5.74, 6) is 0.443. The van der Waals surface area contributed by atoms with Crippen LogP contribution in [0.2, 0.25) is 0 Å². The van der Waals surface area contributed by atoms with Gasteiger partial charge in [-0.25, -0.2) is 4.68 Å². The van der Waals surface area contributed by atoms with Crippen molar-refractivity contribution in [3.8, 4) is 5.75 Å². The normalized spacial score (nSPS) is 10.8. The zero-order chi connectivity index (χ0) is 20.4. The summed E-state index contributed by atoms with van der Waals surface area (Å²) in [6.45, 7) is 0.404. The molecular weight excluding hydrogens is 386 g/mol. The summed E-state index contributed by atoms with van der Waals surface area (Å²) in [6, 6.07) is 18.3. The Morgan fingerprint density at radius 2 is 1.79 bits per heavy atom. The second-order valence-electron chi connectivity index (χ2n) is 6.49. The zero-order valence-electron chi connectivity index (χ0n) is 16.0. The van der Waals surface area contributed by atoms with Gasteiger partial charge >= 0.3 is 0 Å². The third-order valence-electron chi connectivity index (χ3n) is 4.68. The molecule has 29 heavy (non-hydrogen) atoms. The number of aromatic nitrogens is 2. The molecule has 2 aromatic heterocycles. The standard InChI is InChI=1S/C22H19N3O3S/c1-24-21(26)19-8-4-3-7-18(19)20(23-24)22(27)25(14-17-6-5-13-29-17)15-9-11-16(28-2)12-10-15/h3-13H,14H2,1-2H3. The monoisotopic (exact) mass is 405 g/mol. The molecule has 0 saturated heterocycles. The van der Waals surface area contributed by atoms with Crippen LogP contribution in [0.4, 0.5) is 5.69 Å². The number of anilines is 1. The van der Waals surface area contributed by atoms with Crippen molar-refractivity contribution < 1.29 is 9.53 Å². The minimum atomic E-state index is -0.268. The molecule has 4 aromatic rings. The van der Waals surface area contributed by atoms with Gasteiger partial charge in [0.15, 0.2) is 5.69 Å². The highest BCUT2D eigenvalue weighted by molar-refractivity contribution is 7.09. The predicted molar refractivity (Wildman–Crippen MR) is 115 cm³/mol. The van der Waals surface area contributed by atoms with E-state index in [0.29, 0.717) is 23.1 Å². The SMILES string of the molecule is COc1ccc(N(Cc2cccs2)C(=O)c2nn(C)c(=O)c3ccccc23)cc1. The van der Waals surface area contributed by atoms with Crippen molar-refractivity contribution in [1.29, 1.82) is 0 Å². The fraction of sp³-hybridized carbons (Fsp3) is 0.136. The highest BCUT2D eigenvalue weighted by Gasteiger charge is 2.23. The molecule has 0 fully saturated rings. The first kappa shape index (κ1) is 18.9. The predicted octanol–water partition coefficient (Wildman–Crippen LogP) is 3.85. The van der Waals surface area contributed by atoms with Crippen LogP contribution >= 0.6 is 11.3 Å². The summed E-state index contributed by atoms with van der Waals surface area (Å²) in [6.07, 6.45) is 0. The first-order chi connectivity index (χ1) is 14.1. The van der Waals surface area contributed by atoms with E-state index in [1.807, 2.05) is 41.8 Å². The molecule has 0 aliphatic heterocycles. The molecule has 2 heterocycles. The maximum Gasteiger partial charge on any atom is 0.279 e. The number of carbonyl (C=O) groups excluding carboxylic acids is 1. The molecule has 0 saturated carbocycles. The summed E-state index contributed by atoms with van der Waals surface area (Å²) in [7, 11) is 3.16. The third kappa shape index (κ3) is 3.64. The van der Waals surface area contributed by atoms with Crippen LogP contribution < -0.4 is 15.2 Å². The maximum absolute atomic E-state index is 13.6. The number of benzene rings is 2. The molecule has 0 aliphatic carbocycles. The lowest BCUT2D eigenvalue weighted by atomic mass is 10.1. The van der Waals surface area contributed by atoms with Crippen LogP contribution in [0.25, 0.3) is 10.8 Å². The fourth-order valence-electron chi connectivity index (χ4n) is 3.19. The van der Waals surface area contributed by atoms with Crippen LogP contribution in [0.15, 0.2) is 70.8 Å². The lowest BCUT2D eigenvalue weighted by Crippen LogP contribution is -2.33. The Hall–Kier alpha value is -3.45. The molecule has 0 bridgehead atoms. The highest BCUT2D eigenvalue weighted by atomic mass is 32.1. The second kappa shape index (κ2) is 7.89. The van der Waals surface area contributed by atoms with Gasteiger partial charge in [-0.15, -0.1) is 11.3 Å². The van der Waals surface area contributed by atoms with E-state index in [9.17, 15) is 9.59 Å². The first-order valence-electron chi connectivity index (χ1n) is 9.03. The number of thiophene rings is 1. The summed E-state index contributed by atoms with van der Waals surface area (Å²) in [4.78, 5) is 28.8. The number of rotatable bonds is 5. The van der Waals surface area contributed by atoms with Gasteiger partial charge in [-0.3, -0.25) is 9.59 Å². The number of amides is 1. The van der Waals surface area contributed by atoms with Gasteiger partial charge in [0.25, 0.3) is 11.5 Å². The Morgan fingerprint density at radius 3 is 2.45 bits per heavy atom. The molecule has 0 atom stereocenters. The Bertz CT molecular complexity index is 1210. The van der Waals surface area contributed by atoms with Crippen LogP contribution in [0, 0.1) is 0 Å². The molecule has 0 unspecified atom stereocenters. The molecule has 146 valence electrons. The number of methoxy groups -OCH3 is 1. The van der Waals surface area contributed by atoms with E-state index in [-0.39, 0.29) is 17.2 Å². The minimum absolute atomic E-state index is 0.230. The van der Waals surface area contributed by atoms with E-state index >= 15 is 0 Å². The Morgan fingerprint density at radius 1 is 1.07 bits per heavy atom. The molecule has 1 amide bonds. The molecular formula is C22H19N3O3S. The number of hydrogen-bond donors (Lipinski definition) is 0. The van der Waals surface area contributed by atoms with Crippen LogP contribution in [0.5, 0.6) is 5.75 Å². The summed E-state index contributed by atoms with van der Waals surface area (Å²) >= 11 is 1.58. The van der Waals surface area contributed by atoms with Crippen LogP contribution in [0.1, 0.15) is 15.4 Å². The lowest BCUT2D eigenvalue weighted by Gasteiger charge is -2.23. The van der Waals surface area contributed by atoms with Crippen molar-refractivity contribution in [3.05, 3.63) is 87.0 Å². The summed E-state index contributed by atoms with van der Waals surface area (Å²) in [5.41, 5.74) is 0.741. The van der Waals surface area contributed by atoms with E-state index < -0.39 is 0 Å². The van der Waals surface area contributed by atoms with Gasteiger partial charge in [0.2, 0.25) is 0 Å². The van der Waals surface area contributed by atoms with E-state index in [1.54, 1.807) is 54.7 Å². The molecule has 0 radical (unpaired) electrons. The Balaban J connectivity index is 1.84. The van der Waals surface area contributed by atoms with Gasteiger partial charge in [-0.1, -0.05) is 24.3 Å². The van der Waals surface area contributed by atoms with Crippen molar-refractivity contribution in [2.45, 2.75) is 6.54 Å². The molecule has 6 nitrogen and oxygen atoms in total. The van der Waals surface area contributed by atoms with Crippen LogP contribution in [0.3, 0.4) is 0 Å². The Labute approximate surface area is 171 Å². The van der Waals surface area contributed by atoms with E-state index in [2.05, 4.69) is 5.10 Å². The summed E-state index contributed by atoms with van der Waals surface area (Å²) < 4.78 is 6.45. The fourth-order valence-corrected chi connectivity index (χ4v) is 3.88. The number of nitrogens with zero attached hydrogens (tertiary/aromatic N) is 3. The number of fused-ring (bicyclic) bond motifs is 1. The summed E-state index contributed by atoms with van der Waals surface area (Å²) in [5, 5.41) is 7.30. The van der Waals surface area contributed by atoms with Gasteiger partial charge in [0.05, 0.1) is 19.0 Å². The van der Waals surface area contributed by atoms with Gasteiger partial charge in [-0.05, 0) is 41.8 Å². The molecule has 0 spiro atoms. The Kier molecular flexibility index (Phi) is 5.14. The van der Waals surface area contributed by atoms with E-state index in [4.69, 9.17) is 4.74 Å². The molecule has 0 N–H and O–H groups in total. The third-order valence-corrected chi connectivity index (χ3v) is 5.54. The van der Waals surface area contributed by atoms with Crippen LogP contribution in [-0.4, -0.2) is 22.8 Å². The van der Waals surface area contributed by atoms with Crippen molar-refractivity contribution in [1.82, 2.24) is 9.78 Å². The van der Waals surface area contributed by atoms with Gasteiger partial charge in [0, 0.05) is 23.0 Å². The molecule has 7 heteroatoms. The van der Waals surface area contributed by atoms with Crippen molar-refractivity contribution in [2.24, 2.45) is 7.05 Å². The van der Waals surface area contributed by atoms with Crippen molar-refractivity contribution in [3.63, 3.8) is 0 Å². The van der Waals surface area contributed by atoms with Gasteiger partial charge in [0.1, 0.15) is 5.75 Å². The van der Waals surface area contributed by atoms with Crippen molar-refractivity contribution in [2.75, 3.05) is 12.0 Å². The maximum atomic E-state index is 13.6. The smallest absolute Gasteiger partial charge is 0.279 e. The number of hydrogen-bond acceptors (Lipinski definition) is 5. The lowest BCUT2D eigenvalue weighted by molar-refractivity contribution is 0.0980. The molecule has 4 rings (SSSR count). The van der Waals surface area contributed by atoms with Crippen LogP contribution in [-0.2, 0) is 13.6 Å². The quantitative estimate of drug-likeness (QED) is 0.506. The average molecular weight is 405 g/mol. The zero-order valence-corrected chi connectivity index (χ0v) is 16.8. The molecule has 2 aromatic carbocycles. The minimum Gasteiger partial charge on any atom is -0.497 e. The topological polar surface area (TPSA) is 64.4 Å². The average Bonchev–Trinajstić information content (AvgIpc) is 3.27. The van der Waals surface area contributed by atoms with E-state index in [1.165, 1.54) is 4.68 Å². The first-order valence-corrected chi connectivity index (χ1v) is 9.91. The molecule has 0 aliphatic rings. The van der Waals surface area contributed by atoms with E-state index in [0.717, 1.165) is 10.6 Å².